The highest BCUT2D eigenvalue weighted by Gasteiger charge is 2.26. The van der Waals surface area contributed by atoms with Gasteiger partial charge in [0.2, 0.25) is 5.28 Å². The molecule has 0 saturated heterocycles. The van der Waals surface area contributed by atoms with Crippen LogP contribution in [0.15, 0.2) is 6.33 Å². The van der Waals surface area contributed by atoms with Crippen LogP contribution in [0.3, 0.4) is 0 Å². The summed E-state index contributed by atoms with van der Waals surface area (Å²) in [5.74, 6) is 2.30. The second-order valence-electron chi connectivity index (χ2n) is 8.08. The van der Waals surface area contributed by atoms with Crippen LogP contribution in [0.4, 0.5) is 10.2 Å². The molecule has 7 heteroatoms. The first-order valence-electron chi connectivity index (χ1n) is 9.85. The van der Waals surface area contributed by atoms with Gasteiger partial charge >= 0.3 is 0 Å². The highest BCUT2D eigenvalue weighted by molar-refractivity contribution is 6.28. The number of fused-ring (bicyclic) bond motifs is 1. The third kappa shape index (κ3) is 3.66. The third-order valence-corrected chi connectivity index (χ3v) is 6.47. The fraction of sp³-hybridized carbons (Fsp3) is 0.737. The summed E-state index contributed by atoms with van der Waals surface area (Å²) in [4.78, 5) is 13.2. The normalized spacial score (nSPS) is 25.2. The molecule has 0 bridgehead atoms. The molecule has 2 saturated carbocycles. The van der Waals surface area contributed by atoms with E-state index in [0.717, 1.165) is 43.6 Å². The van der Waals surface area contributed by atoms with Crippen LogP contribution in [0.25, 0.3) is 11.2 Å². The van der Waals surface area contributed by atoms with Crippen LogP contribution in [-0.4, -0.2) is 32.2 Å². The van der Waals surface area contributed by atoms with Gasteiger partial charge in [0.25, 0.3) is 0 Å². The monoisotopic (exact) mass is 379 g/mol. The molecule has 0 spiro atoms. The molecule has 2 aliphatic carbocycles. The first-order valence-corrected chi connectivity index (χ1v) is 10.2. The van der Waals surface area contributed by atoms with Crippen molar-refractivity contribution in [3.8, 4) is 0 Å². The number of aromatic nitrogens is 4. The Balaban J connectivity index is 1.55. The molecule has 2 aromatic rings. The van der Waals surface area contributed by atoms with Crippen LogP contribution in [-0.2, 0) is 6.54 Å². The van der Waals surface area contributed by atoms with Gasteiger partial charge < -0.3 is 9.88 Å². The van der Waals surface area contributed by atoms with E-state index in [-0.39, 0.29) is 17.9 Å². The van der Waals surface area contributed by atoms with E-state index >= 15 is 0 Å². The summed E-state index contributed by atoms with van der Waals surface area (Å²) in [7, 11) is 0. The molecule has 0 aromatic carbocycles. The van der Waals surface area contributed by atoms with Gasteiger partial charge in [-0.1, -0.05) is 6.42 Å². The van der Waals surface area contributed by atoms with E-state index in [1.807, 2.05) is 6.33 Å². The van der Waals surface area contributed by atoms with Crippen molar-refractivity contribution in [1.29, 1.82) is 0 Å². The number of nitrogens with zero attached hydrogens (tertiary/aromatic N) is 4. The second-order valence-corrected chi connectivity index (χ2v) is 8.41. The molecular weight excluding hydrogens is 353 g/mol. The van der Waals surface area contributed by atoms with Crippen molar-refractivity contribution in [2.24, 2.45) is 17.8 Å². The van der Waals surface area contributed by atoms with Crippen molar-refractivity contribution < 1.29 is 4.39 Å². The van der Waals surface area contributed by atoms with Crippen molar-refractivity contribution in [1.82, 2.24) is 19.5 Å². The summed E-state index contributed by atoms with van der Waals surface area (Å²) in [6.07, 6.45) is 9.82. The number of nitrogens with one attached hydrogen (secondary N) is 1. The van der Waals surface area contributed by atoms with Gasteiger partial charge in [-0.2, -0.15) is 9.97 Å². The smallest absolute Gasteiger partial charge is 0.226 e. The lowest BCUT2D eigenvalue weighted by Gasteiger charge is -2.32. The lowest BCUT2D eigenvalue weighted by atomic mass is 9.80. The van der Waals surface area contributed by atoms with Gasteiger partial charge in [-0.25, -0.2) is 4.98 Å². The van der Waals surface area contributed by atoms with E-state index in [1.165, 1.54) is 19.3 Å². The maximum Gasteiger partial charge on any atom is 0.226 e. The Labute approximate surface area is 158 Å². The van der Waals surface area contributed by atoms with E-state index in [0.29, 0.717) is 23.5 Å². The van der Waals surface area contributed by atoms with Gasteiger partial charge in [-0.15, -0.1) is 0 Å². The lowest BCUT2D eigenvalue weighted by molar-refractivity contribution is 0.218. The molecule has 142 valence electrons. The number of halogens is 2. The Morgan fingerprint density at radius 3 is 2.58 bits per heavy atom. The van der Waals surface area contributed by atoms with Crippen molar-refractivity contribution in [2.75, 3.05) is 12.0 Å². The third-order valence-electron chi connectivity index (χ3n) is 6.31. The van der Waals surface area contributed by atoms with Crippen molar-refractivity contribution >= 4 is 28.6 Å². The topological polar surface area (TPSA) is 55.6 Å². The van der Waals surface area contributed by atoms with E-state index in [1.54, 1.807) is 0 Å². The highest BCUT2D eigenvalue weighted by Crippen LogP contribution is 2.34. The van der Waals surface area contributed by atoms with Gasteiger partial charge in [0.1, 0.15) is 5.52 Å². The quantitative estimate of drug-likeness (QED) is 0.728. The summed E-state index contributed by atoms with van der Waals surface area (Å²) < 4.78 is 15.0. The Morgan fingerprint density at radius 1 is 1.19 bits per heavy atom. The standard InChI is InChI=1S/C19H27ClFN5/c1-12(15-3-2-4-15)23-18-16-17(24-19(20)25-18)22-11-26(16)10-14-7-5-13(9-21)6-8-14/h11-15H,2-10H2,1H3,(H,23,24,25)/t12-,13?,14?/m1/s1. The molecule has 2 heterocycles. The lowest BCUT2D eigenvalue weighted by Crippen LogP contribution is -2.31. The Morgan fingerprint density at radius 2 is 1.92 bits per heavy atom. The fourth-order valence-electron chi connectivity index (χ4n) is 4.31. The van der Waals surface area contributed by atoms with Crippen LogP contribution >= 0.6 is 11.6 Å². The molecule has 0 unspecified atom stereocenters. The largest absolute Gasteiger partial charge is 0.365 e. The SMILES string of the molecule is C[C@@H](Nc1nc(Cl)nc2ncn(CC3CCC(CF)CC3)c12)C1CCC1. The predicted molar refractivity (Wildman–Crippen MR) is 102 cm³/mol. The number of hydrogen-bond acceptors (Lipinski definition) is 4. The number of alkyl halides is 1. The summed E-state index contributed by atoms with van der Waals surface area (Å²) in [5, 5.41) is 3.79. The maximum absolute atomic E-state index is 12.9. The average molecular weight is 380 g/mol. The first-order chi connectivity index (χ1) is 12.6. The Bertz CT molecular complexity index is 752. The summed E-state index contributed by atoms with van der Waals surface area (Å²) >= 11 is 6.12. The maximum atomic E-state index is 12.9. The molecule has 1 atom stereocenters. The molecule has 0 radical (unpaired) electrons. The molecule has 2 aliphatic rings. The van der Waals surface area contributed by atoms with Crippen molar-refractivity contribution in [3.05, 3.63) is 11.6 Å². The van der Waals surface area contributed by atoms with Gasteiger partial charge in [-0.3, -0.25) is 4.39 Å². The fourth-order valence-corrected chi connectivity index (χ4v) is 4.48. The summed E-state index contributed by atoms with van der Waals surface area (Å²) in [6.45, 7) is 2.91. The van der Waals surface area contributed by atoms with E-state index in [4.69, 9.17) is 11.6 Å². The summed E-state index contributed by atoms with van der Waals surface area (Å²) in [6, 6.07) is 0.362. The second kappa shape index (κ2) is 7.67. The molecule has 2 fully saturated rings. The molecule has 0 amide bonds. The zero-order valence-corrected chi connectivity index (χ0v) is 16.1. The van der Waals surface area contributed by atoms with Crippen LogP contribution in [0.1, 0.15) is 51.9 Å². The molecule has 1 N–H and O–H groups in total. The molecule has 0 aliphatic heterocycles. The predicted octanol–water partition coefficient (Wildman–Crippen LogP) is 4.86. The zero-order valence-electron chi connectivity index (χ0n) is 15.3. The van der Waals surface area contributed by atoms with Crippen LogP contribution < -0.4 is 5.32 Å². The van der Waals surface area contributed by atoms with Gasteiger partial charge in [0.05, 0.1) is 13.0 Å². The Hall–Kier alpha value is -1.43. The van der Waals surface area contributed by atoms with E-state index in [9.17, 15) is 4.39 Å². The van der Waals surface area contributed by atoms with Gasteiger partial charge in [0, 0.05) is 12.6 Å². The minimum Gasteiger partial charge on any atom is -0.365 e. The zero-order chi connectivity index (χ0) is 18.1. The minimum atomic E-state index is -0.180. The van der Waals surface area contributed by atoms with Gasteiger partial charge in [-0.05, 0) is 74.8 Å². The number of hydrogen-bond donors (Lipinski definition) is 1. The van der Waals surface area contributed by atoms with Crippen molar-refractivity contribution in [2.45, 2.75) is 64.5 Å². The number of anilines is 1. The van der Waals surface area contributed by atoms with Gasteiger partial charge in [0.15, 0.2) is 11.5 Å². The van der Waals surface area contributed by atoms with Crippen LogP contribution in [0.2, 0.25) is 5.28 Å². The summed E-state index contributed by atoms with van der Waals surface area (Å²) in [5.41, 5.74) is 1.58. The molecule has 4 rings (SSSR count). The first kappa shape index (κ1) is 18.0. The minimum absolute atomic E-state index is 0.180. The van der Waals surface area contributed by atoms with E-state index in [2.05, 4.69) is 31.8 Å². The molecule has 5 nitrogen and oxygen atoms in total. The average Bonchev–Trinajstić information content (AvgIpc) is 2.96. The molecular formula is C19H27ClFN5. The van der Waals surface area contributed by atoms with Crippen LogP contribution in [0.5, 0.6) is 0 Å². The van der Waals surface area contributed by atoms with Crippen LogP contribution in [0, 0.1) is 17.8 Å². The molecule has 2 aromatic heterocycles. The van der Waals surface area contributed by atoms with Crippen molar-refractivity contribution in [3.63, 3.8) is 0 Å². The molecule has 26 heavy (non-hydrogen) atoms. The number of rotatable bonds is 6. The Kier molecular flexibility index (Phi) is 5.30. The van der Waals surface area contributed by atoms with E-state index < -0.39 is 0 Å². The number of imidazole rings is 1. The highest BCUT2D eigenvalue weighted by atomic mass is 35.5.